The first-order chi connectivity index (χ1) is 7.75. The molecule has 0 saturated heterocycles. The molecule has 0 unspecified atom stereocenters. The van der Waals surface area contributed by atoms with E-state index in [2.05, 4.69) is 20.3 Å². The number of pyridine rings is 1. The number of rotatable bonds is 3. The van der Waals surface area contributed by atoms with Crippen LogP contribution in [0, 0.1) is 0 Å². The SMILES string of the molecule is CN(C)c1cc(Nc2ccncc2)ncn1. The molecule has 16 heavy (non-hydrogen) atoms. The Balaban J connectivity index is 2.19. The van der Waals surface area contributed by atoms with Gasteiger partial charge in [0.2, 0.25) is 0 Å². The average Bonchev–Trinajstić information content (AvgIpc) is 2.30. The molecule has 0 bridgehead atoms. The van der Waals surface area contributed by atoms with Crippen molar-refractivity contribution in [1.29, 1.82) is 0 Å². The fourth-order valence-corrected chi connectivity index (χ4v) is 1.24. The maximum atomic E-state index is 4.15. The number of nitrogens with one attached hydrogen (secondary N) is 1. The summed E-state index contributed by atoms with van der Waals surface area (Å²) in [6.45, 7) is 0. The van der Waals surface area contributed by atoms with Crippen molar-refractivity contribution in [2.24, 2.45) is 0 Å². The molecule has 0 amide bonds. The minimum Gasteiger partial charge on any atom is -0.363 e. The van der Waals surface area contributed by atoms with Gasteiger partial charge in [0.05, 0.1) is 0 Å². The molecule has 82 valence electrons. The highest BCUT2D eigenvalue weighted by atomic mass is 15.2. The highest BCUT2D eigenvalue weighted by molar-refractivity contribution is 5.58. The monoisotopic (exact) mass is 215 g/mol. The highest BCUT2D eigenvalue weighted by Gasteiger charge is 2.00. The molecule has 2 aromatic heterocycles. The lowest BCUT2D eigenvalue weighted by molar-refractivity contribution is 1.04. The molecule has 0 aliphatic rings. The Kier molecular flexibility index (Phi) is 2.95. The Labute approximate surface area is 94.2 Å². The van der Waals surface area contributed by atoms with E-state index >= 15 is 0 Å². The standard InChI is InChI=1S/C11H13N5/c1-16(2)11-7-10(13-8-14-11)15-9-3-5-12-6-4-9/h3-8H,1-2H3,(H,12,13,14,15). The molecule has 5 heteroatoms. The third-order valence-corrected chi connectivity index (χ3v) is 2.06. The summed E-state index contributed by atoms with van der Waals surface area (Å²) in [5.41, 5.74) is 0.957. The van der Waals surface area contributed by atoms with Crippen molar-refractivity contribution in [1.82, 2.24) is 15.0 Å². The van der Waals surface area contributed by atoms with Crippen molar-refractivity contribution in [2.45, 2.75) is 0 Å². The lowest BCUT2D eigenvalue weighted by Gasteiger charge is -2.12. The number of hydrogen-bond donors (Lipinski definition) is 1. The van der Waals surface area contributed by atoms with Crippen LogP contribution in [0.2, 0.25) is 0 Å². The van der Waals surface area contributed by atoms with Crippen LogP contribution >= 0.6 is 0 Å². The largest absolute Gasteiger partial charge is 0.363 e. The molecule has 0 spiro atoms. The van der Waals surface area contributed by atoms with E-state index in [-0.39, 0.29) is 0 Å². The third kappa shape index (κ3) is 2.44. The number of aromatic nitrogens is 3. The van der Waals surface area contributed by atoms with E-state index in [0.29, 0.717) is 0 Å². The lowest BCUT2D eigenvalue weighted by atomic mass is 10.4. The summed E-state index contributed by atoms with van der Waals surface area (Å²) in [6, 6.07) is 5.66. The molecule has 0 aromatic carbocycles. The fourth-order valence-electron chi connectivity index (χ4n) is 1.24. The van der Waals surface area contributed by atoms with Gasteiger partial charge in [-0.05, 0) is 12.1 Å². The van der Waals surface area contributed by atoms with Crippen LogP contribution in [0.5, 0.6) is 0 Å². The molecule has 0 aliphatic carbocycles. The van der Waals surface area contributed by atoms with E-state index in [1.165, 1.54) is 0 Å². The van der Waals surface area contributed by atoms with Gasteiger partial charge in [-0.2, -0.15) is 0 Å². The van der Waals surface area contributed by atoms with Crippen LogP contribution in [0.3, 0.4) is 0 Å². The molecule has 2 rings (SSSR count). The van der Waals surface area contributed by atoms with Gasteiger partial charge in [0, 0.05) is 38.2 Å². The van der Waals surface area contributed by atoms with Gasteiger partial charge in [-0.15, -0.1) is 0 Å². The first-order valence-electron chi connectivity index (χ1n) is 4.92. The first-order valence-corrected chi connectivity index (χ1v) is 4.92. The number of nitrogens with zero attached hydrogens (tertiary/aromatic N) is 4. The van der Waals surface area contributed by atoms with Crippen molar-refractivity contribution in [3.05, 3.63) is 36.9 Å². The zero-order chi connectivity index (χ0) is 11.4. The Bertz CT molecular complexity index is 455. The van der Waals surface area contributed by atoms with Crippen molar-refractivity contribution in [3.8, 4) is 0 Å². The third-order valence-electron chi connectivity index (χ3n) is 2.06. The van der Waals surface area contributed by atoms with Gasteiger partial charge >= 0.3 is 0 Å². The number of hydrogen-bond acceptors (Lipinski definition) is 5. The zero-order valence-corrected chi connectivity index (χ0v) is 9.25. The molecule has 0 saturated carbocycles. The summed E-state index contributed by atoms with van der Waals surface area (Å²) >= 11 is 0. The van der Waals surface area contributed by atoms with Gasteiger partial charge in [-0.3, -0.25) is 4.98 Å². The first kappa shape index (κ1) is 10.4. The maximum Gasteiger partial charge on any atom is 0.135 e. The second kappa shape index (κ2) is 4.57. The van der Waals surface area contributed by atoms with Crippen LogP contribution in [0.25, 0.3) is 0 Å². The Morgan fingerprint density at radius 3 is 2.56 bits per heavy atom. The normalized spacial score (nSPS) is 9.88. The van der Waals surface area contributed by atoms with E-state index in [0.717, 1.165) is 17.3 Å². The average molecular weight is 215 g/mol. The molecule has 0 fully saturated rings. The predicted octanol–water partition coefficient (Wildman–Crippen LogP) is 1.68. The van der Waals surface area contributed by atoms with Crippen LogP contribution in [0.1, 0.15) is 0 Å². The van der Waals surface area contributed by atoms with Crippen molar-refractivity contribution < 1.29 is 0 Å². The molecule has 0 radical (unpaired) electrons. The molecular weight excluding hydrogens is 202 g/mol. The topological polar surface area (TPSA) is 53.9 Å². The molecule has 5 nitrogen and oxygen atoms in total. The summed E-state index contributed by atoms with van der Waals surface area (Å²) < 4.78 is 0. The van der Waals surface area contributed by atoms with Gasteiger partial charge in [-0.25, -0.2) is 9.97 Å². The molecule has 0 atom stereocenters. The van der Waals surface area contributed by atoms with Gasteiger partial charge in [0.1, 0.15) is 18.0 Å². The van der Waals surface area contributed by atoms with Crippen molar-refractivity contribution in [2.75, 3.05) is 24.3 Å². The van der Waals surface area contributed by atoms with Crippen molar-refractivity contribution in [3.63, 3.8) is 0 Å². The molecular formula is C11H13N5. The number of anilines is 3. The zero-order valence-electron chi connectivity index (χ0n) is 9.25. The Morgan fingerprint density at radius 2 is 1.88 bits per heavy atom. The predicted molar refractivity (Wildman–Crippen MR) is 63.9 cm³/mol. The molecule has 1 N–H and O–H groups in total. The fraction of sp³-hybridized carbons (Fsp3) is 0.182. The van der Waals surface area contributed by atoms with E-state index < -0.39 is 0 Å². The van der Waals surface area contributed by atoms with E-state index in [1.807, 2.05) is 37.2 Å². The maximum absolute atomic E-state index is 4.15. The molecule has 2 heterocycles. The molecule has 2 aromatic rings. The van der Waals surface area contributed by atoms with Crippen LogP contribution in [0.4, 0.5) is 17.3 Å². The summed E-state index contributed by atoms with van der Waals surface area (Å²) in [6.07, 6.45) is 5.01. The highest BCUT2D eigenvalue weighted by Crippen LogP contribution is 2.15. The van der Waals surface area contributed by atoms with Crippen LogP contribution < -0.4 is 10.2 Å². The smallest absolute Gasteiger partial charge is 0.135 e. The minimum absolute atomic E-state index is 0.768. The lowest BCUT2D eigenvalue weighted by Crippen LogP contribution is -2.11. The Hall–Kier alpha value is -2.17. The van der Waals surface area contributed by atoms with E-state index in [4.69, 9.17) is 0 Å². The van der Waals surface area contributed by atoms with Gasteiger partial charge in [0.25, 0.3) is 0 Å². The van der Waals surface area contributed by atoms with Crippen LogP contribution in [0.15, 0.2) is 36.9 Å². The van der Waals surface area contributed by atoms with Gasteiger partial charge in [-0.1, -0.05) is 0 Å². The molecule has 0 aliphatic heterocycles. The summed E-state index contributed by atoms with van der Waals surface area (Å²) in [7, 11) is 3.89. The van der Waals surface area contributed by atoms with Gasteiger partial charge in [0.15, 0.2) is 0 Å². The summed E-state index contributed by atoms with van der Waals surface area (Å²) in [5.74, 6) is 1.64. The minimum atomic E-state index is 0.768. The summed E-state index contributed by atoms with van der Waals surface area (Å²) in [5, 5.41) is 3.18. The van der Waals surface area contributed by atoms with Crippen LogP contribution in [-0.2, 0) is 0 Å². The second-order valence-corrected chi connectivity index (χ2v) is 3.52. The van der Waals surface area contributed by atoms with E-state index in [1.54, 1.807) is 18.7 Å². The van der Waals surface area contributed by atoms with Crippen molar-refractivity contribution >= 4 is 17.3 Å². The summed E-state index contributed by atoms with van der Waals surface area (Å²) in [4.78, 5) is 14.2. The second-order valence-electron chi connectivity index (χ2n) is 3.52. The Morgan fingerprint density at radius 1 is 1.12 bits per heavy atom. The van der Waals surface area contributed by atoms with Crippen LogP contribution in [-0.4, -0.2) is 29.0 Å². The quantitative estimate of drug-likeness (QED) is 0.844. The van der Waals surface area contributed by atoms with E-state index in [9.17, 15) is 0 Å². The van der Waals surface area contributed by atoms with Gasteiger partial charge < -0.3 is 10.2 Å².